The highest BCUT2D eigenvalue weighted by Gasteiger charge is 2.41. The third-order valence-corrected chi connectivity index (χ3v) is 5.37. The van der Waals surface area contributed by atoms with E-state index < -0.39 is 20.4 Å². The molecule has 1 aliphatic carbocycles. The van der Waals surface area contributed by atoms with Crippen LogP contribution in [-0.2, 0) is 13.8 Å². The van der Waals surface area contributed by atoms with Crippen molar-refractivity contribution in [1.29, 1.82) is 0 Å². The van der Waals surface area contributed by atoms with Crippen molar-refractivity contribution >= 4 is 14.5 Å². The fourth-order valence-electron chi connectivity index (χ4n) is 3.84. The predicted octanol–water partition coefficient (Wildman–Crippen LogP) is 5.33. The van der Waals surface area contributed by atoms with Gasteiger partial charge in [-0.2, -0.15) is 0 Å². The highest BCUT2D eigenvalue weighted by Crippen LogP contribution is 2.41. The van der Waals surface area contributed by atoms with Crippen LogP contribution in [0.1, 0.15) is 66.1 Å². The molecule has 132 valence electrons. The minimum atomic E-state index is -0.587. The lowest BCUT2D eigenvalue weighted by molar-refractivity contribution is -0.0910. The Morgan fingerprint density at radius 1 is 1.17 bits per heavy atom. The van der Waals surface area contributed by atoms with Gasteiger partial charge in [0.05, 0.1) is 12.0 Å². The highest BCUT2D eigenvalue weighted by atomic mass is 31.1. The molecule has 2 rings (SSSR count). The van der Waals surface area contributed by atoms with Gasteiger partial charge in [-0.1, -0.05) is 37.0 Å². The van der Waals surface area contributed by atoms with Crippen LogP contribution in [0.2, 0.25) is 0 Å². The molecule has 1 aromatic carbocycles. The van der Waals surface area contributed by atoms with Crippen LogP contribution in [0.3, 0.4) is 0 Å². The Labute approximate surface area is 146 Å². The number of ether oxygens (including phenoxy) is 1. The molecule has 1 aromatic rings. The zero-order chi connectivity index (χ0) is 17.7. The van der Waals surface area contributed by atoms with Crippen LogP contribution in [0.5, 0.6) is 0 Å². The summed E-state index contributed by atoms with van der Waals surface area (Å²) < 4.78 is 21.2. The number of hydrogen-bond acceptors (Lipinski definition) is 4. The summed E-state index contributed by atoms with van der Waals surface area (Å²) in [7, 11) is -0.402. The molecule has 0 saturated heterocycles. The van der Waals surface area contributed by atoms with Crippen molar-refractivity contribution in [2.24, 2.45) is 5.41 Å². The molecule has 1 fully saturated rings. The molecule has 1 unspecified atom stereocenters. The molecule has 0 bridgehead atoms. The molecule has 5 heteroatoms. The summed E-state index contributed by atoms with van der Waals surface area (Å²) in [4.78, 5) is 13.5. The van der Waals surface area contributed by atoms with Gasteiger partial charge >= 0.3 is 8.69 Å². The molecule has 0 N–H and O–H groups in total. The first-order valence-electron chi connectivity index (χ1n) is 8.62. The molecule has 24 heavy (non-hydrogen) atoms. The van der Waals surface area contributed by atoms with Gasteiger partial charge in [0, 0.05) is 5.56 Å². The number of hydrogen-bond donors (Lipinski definition) is 0. The second-order valence-electron chi connectivity index (χ2n) is 7.00. The van der Waals surface area contributed by atoms with Crippen molar-refractivity contribution in [3.05, 3.63) is 34.4 Å². The molecule has 0 spiro atoms. The van der Waals surface area contributed by atoms with Gasteiger partial charge in [-0.3, -0.25) is 9.32 Å². The summed E-state index contributed by atoms with van der Waals surface area (Å²) >= 11 is 0. The van der Waals surface area contributed by atoms with Crippen LogP contribution in [0.25, 0.3) is 0 Å². The van der Waals surface area contributed by atoms with E-state index in [0.29, 0.717) is 6.61 Å². The fraction of sp³-hybridized carbons (Fsp3) is 0.632. The minimum absolute atomic E-state index is 0.184. The predicted molar refractivity (Wildman–Crippen MR) is 94.6 cm³/mol. The van der Waals surface area contributed by atoms with Crippen molar-refractivity contribution in [2.45, 2.75) is 66.1 Å². The monoisotopic (exact) mass is 350 g/mol. The van der Waals surface area contributed by atoms with E-state index in [-0.39, 0.29) is 5.78 Å². The standard InChI is InChI=1S/C19H27O4P/c1-13-10-14(2)17(15(3)11-13)18(20)19(8-6-5-7-9-19)12-22-16(4)23-24-21/h10-11,16H,5-9,12H2,1-4H3. The van der Waals surface area contributed by atoms with Crippen molar-refractivity contribution in [3.8, 4) is 0 Å². The van der Waals surface area contributed by atoms with Gasteiger partial charge in [0.1, 0.15) is 0 Å². The molecule has 4 nitrogen and oxygen atoms in total. The quantitative estimate of drug-likeness (QED) is 0.379. The van der Waals surface area contributed by atoms with Crippen molar-refractivity contribution < 1.29 is 18.6 Å². The van der Waals surface area contributed by atoms with Gasteiger partial charge in [-0.15, -0.1) is 0 Å². The van der Waals surface area contributed by atoms with Crippen molar-refractivity contribution in [2.75, 3.05) is 6.61 Å². The molecule has 0 aromatic heterocycles. The minimum Gasteiger partial charge on any atom is -0.351 e. The highest BCUT2D eigenvalue weighted by molar-refractivity contribution is 7.17. The summed E-state index contributed by atoms with van der Waals surface area (Å²) in [5, 5.41) is 0. The van der Waals surface area contributed by atoms with E-state index in [0.717, 1.165) is 48.8 Å². The topological polar surface area (TPSA) is 52.6 Å². The number of aryl methyl sites for hydroxylation is 3. The maximum absolute atomic E-state index is 13.5. The Hall–Kier alpha value is -1.09. The third-order valence-electron chi connectivity index (χ3n) is 4.98. The van der Waals surface area contributed by atoms with E-state index in [1.165, 1.54) is 5.56 Å². The lowest BCUT2D eigenvalue weighted by Gasteiger charge is -2.37. The van der Waals surface area contributed by atoms with Crippen molar-refractivity contribution in [3.63, 3.8) is 0 Å². The van der Waals surface area contributed by atoms with E-state index in [1.54, 1.807) is 6.92 Å². The summed E-state index contributed by atoms with van der Waals surface area (Å²) in [5.74, 6) is 0.184. The number of rotatable bonds is 7. The van der Waals surface area contributed by atoms with E-state index in [9.17, 15) is 9.36 Å². The first-order chi connectivity index (χ1) is 11.4. The maximum Gasteiger partial charge on any atom is 0.329 e. The summed E-state index contributed by atoms with van der Waals surface area (Å²) in [6.45, 7) is 8.08. The molecular weight excluding hydrogens is 323 g/mol. The molecule has 1 saturated carbocycles. The van der Waals surface area contributed by atoms with Gasteiger partial charge in [0.15, 0.2) is 12.1 Å². The van der Waals surface area contributed by atoms with E-state index in [4.69, 9.17) is 9.26 Å². The molecule has 0 amide bonds. The third kappa shape index (κ3) is 4.30. The van der Waals surface area contributed by atoms with Gasteiger partial charge in [-0.05, 0) is 51.7 Å². The van der Waals surface area contributed by atoms with Crippen molar-refractivity contribution in [1.82, 2.24) is 0 Å². The second kappa shape index (κ2) is 8.33. The van der Waals surface area contributed by atoms with Gasteiger partial charge < -0.3 is 4.74 Å². The lowest BCUT2D eigenvalue weighted by atomic mass is 9.69. The molecule has 0 heterocycles. The van der Waals surface area contributed by atoms with Gasteiger partial charge in [0.2, 0.25) is 0 Å². The molecule has 0 aliphatic heterocycles. The molecular formula is C19H27O4P. The van der Waals surface area contributed by atoms with E-state index in [2.05, 4.69) is 19.1 Å². The summed E-state index contributed by atoms with van der Waals surface area (Å²) in [6, 6.07) is 4.14. The van der Waals surface area contributed by atoms with Crippen LogP contribution in [-0.4, -0.2) is 18.7 Å². The normalized spacial score (nSPS) is 18.5. The largest absolute Gasteiger partial charge is 0.351 e. The van der Waals surface area contributed by atoms with Crippen LogP contribution in [0, 0.1) is 26.2 Å². The lowest BCUT2D eigenvalue weighted by Crippen LogP contribution is -2.39. The second-order valence-corrected chi connectivity index (χ2v) is 7.36. The Morgan fingerprint density at radius 3 is 2.29 bits per heavy atom. The van der Waals surface area contributed by atoms with E-state index >= 15 is 0 Å². The number of benzene rings is 1. The first kappa shape index (κ1) is 19.2. The summed E-state index contributed by atoms with van der Waals surface area (Å²) in [6.07, 6.45) is 4.31. The number of carbonyl (C=O) groups excluding carboxylic acids is 1. The Bertz CT molecular complexity index is 582. The van der Waals surface area contributed by atoms with Crippen LogP contribution >= 0.6 is 8.69 Å². The maximum atomic E-state index is 13.5. The molecule has 1 aliphatic rings. The SMILES string of the molecule is Cc1cc(C)c(C(=O)C2(COC(C)OP=O)CCCCC2)c(C)c1. The number of ketones is 1. The summed E-state index contributed by atoms with van der Waals surface area (Å²) in [5.41, 5.74) is 3.57. The van der Waals surface area contributed by atoms with Crippen LogP contribution in [0.15, 0.2) is 12.1 Å². The average Bonchev–Trinajstić information content (AvgIpc) is 2.53. The molecule has 1 atom stereocenters. The van der Waals surface area contributed by atoms with Gasteiger partial charge in [0.25, 0.3) is 0 Å². The zero-order valence-corrected chi connectivity index (χ0v) is 15.9. The molecule has 0 radical (unpaired) electrons. The smallest absolute Gasteiger partial charge is 0.329 e. The fourth-order valence-corrected chi connectivity index (χ4v) is 4.02. The first-order valence-corrected chi connectivity index (χ1v) is 9.35. The van der Waals surface area contributed by atoms with E-state index in [1.807, 2.05) is 13.8 Å². The Kier molecular flexibility index (Phi) is 6.68. The number of carbonyl (C=O) groups is 1. The van der Waals surface area contributed by atoms with Gasteiger partial charge in [-0.25, -0.2) is 4.57 Å². The van der Waals surface area contributed by atoms with Crippen LogP contribution in [0.4, 0.5) is 0 Å². The number of Topliss-reactive ketones (excluding diaryl/α,β-unsaturated/α-hetero) is 1. The Balaban J connectivity index is 2.30. The van der Waals surface area contributed by atoms with Crippen LogP contribution < -0.4 is 0 Å². The Morgan fingerprint density at radius 2 is 1.75 bits per heavy atom. The average molecular weight is 350 g/mol. The zero-order valence-electron chi connectivity index (χ0n) is 15.1.